The zero-order chi connectivity index (χ0) is 16.8. The third-order valence-electron chi connectivity index (χ3n) is 3.80. The Morgan fingerprint density at radius 2 is 2.00 bits per heavy atom. The Hall–Kier alpha value is -2.34. The third kappa shape index (κ3) is 4.56. The molecule has 1 aromatic heterocycles. The Bertz CT molecular complexity index is 636. The van der Waals surface area contributed by atoms with E-state index in [-0.39, 0.29) is 18.2 Å². The molecule has 6 heteroatoms. The number of nitrogens with one attached hydrogen (secondary N) is 2. The molecular formula is C17H24N4O2. The first kappa shape index (κ1) is 17.0. The number of carbonyl (C=O) groups is 1. The summed E-state index contributed by atoms with van der Waals surface area (Å²) in [6, 6.07) is 7.79. The first-order chi connectivity index (χ1) is 11.0. The van der Waals surface area contributed by atoms with E-state index in [1.165, 1.54) is 0 Å². The molecule has 2 amide bonds. The molecule has 1 aromatic carbocycles. The second kappa shape index (κ2) is 7.78. The van der Waals surface area contributed by atoms with Gasteiger partial charge in [-0.1, -0.05) is 12.1 Å². The maximum atomic E-state index is 11.9. The van der Waals surface area contributed by atoms with Gasteiger partial charge in [-0.25, -0.2) is 9.78 Å². The van der Waals surface area contributed by atoms with Crippen LogP contribution in [0, 0.1) is 6.92 Å². The number of aromatic nitrogens is 2. The number of carbonyl (C=O) groups excluding carboxylic acids is 1. The van der Waals surface area contributed by atoms with E-state index in [0.717, 1.165) is 17.1 Å². The van der Waals surface area contributed by atoms with Crippen molar-refractivity contribution >= 4 is 6.03 Å². The van der Waals surface area contributed by atoms with E-state index in [0.29, 0.717) is 6.54 Å². The molecule has 0 saturated heterocycles. The smallest absolute Gasteiger partial charge is 0.315 e. The highest BCUT2D eigenvalue weighted by molar-refractivity contribution is 5.74. The van der Waals surface area contributed by atoms with Gasteiger partial charge in [-0.05, 0) is 38.5 Å². The minimum atomic E-state index is -0.198. The SMILES string of the molecule is CO[C@@H](C)CNC(=O)N[C@@H](C)c1ccc(-n2ccnc2C)cc1. The highest BCUT2D eigenvalue weighted by Crippen LogP contribution is 2.16. The molecular weight excluding hydrogens is 292 g/mol. The Balaban J connectivity index is 1.94. The van der Waals surface area contributed by atoms with Crippen molar-refractivity contribution in [2.24, 2.45) is 0 Å². The van der Waals surface area contributed by atoms with Crippen molar-refractivity contribution in [1.82, 2.24) is 20.2 Å². The van der Waals surface area contributed by atoms with Gasteiger partial charge in [0.2, 0.25) is 0 Å². The Labute approximate surface area is 136 Å². The summed E-state index contributed by atoms with van der Waals surface area (Å²) in [5.74, 6) is 0.940. The second-order valence-corrected chi connectivity index (χ2v) is 5.56. The number of nitrogens with zero attached hydrogens (tertiary/aromatic N) is 2. The monoisotopic (exact) mass is 316 g/mol. The van der Waals surface area contributed by atoms with Crippen LogP contribution in [0.25, 0.3) is 5.69 Å². The number of aryl methyl sites for hydroxylation is 1. The minimum absolute atomic E-state index is 0.00578. The number of amides is 2. The summed E-state index contributed by atoms with van der Waals surface area (Å²) in [4.78, 5) is 16.1. The van der Waals surface area contributed by atoms with Crippen LogP contribution in [0.3, 0.4) is 0 Å². The van der Waals surface area contributed by atoms with E-state index in [2.05, 4.69) is 15.6 Å². The van der Waals surface area contributed by atoms with Crippen molar-refractivity contribution in [3.63, 3.8) is 0 Å². The molecule has 124 valence electrons. The van der Waals surface area contributed by atoms with Crippen LogP contribution in [0.15, 0.2) is 36.7 Å². The van der Waals surface area contributed by atoms with Gasteiger partial charge in [0.25, 0.3) is 0 Å². The van der Waals surface area contributed by atoms with Crippen LogP contribution in [0.5, 0.6) is 0 Å². The molecule has 1 heterocycles. The predicted octanol–water partition coefficient (Wildman–Crippen LogP) is 2.58. The van der Waals surface area contributed by atoms with Gasteiger partial charge >= 0.3 is 6.03 Å². The number of urea groups is 1. The molecule has 2 rings (SSSR count). The molecule has 2 N–H and O–H groups in total. The number of hydrogen-bond acceptors (Lipinski definition) is 3. The van der Waals surface area contributed by atoms with Crippen LogP contribution in [0.2, 0.25) is 0 Å². The van der Waals surface area contributed by atoms with Gasteiger partial charge in [-0.15, -0.1) is 0 Å². The van der Waals surface area contributed by atoms with Gasteiger partial charge in [0, 0.05) is 31.7 Å². The average molecular weight is 316 g/mol. The van der Waals surface area contributed by atoms with Crippen LogP contribution in [0.4, 0.5) is 4.79 Å². The lowest BCUT2D eigenvalue weighted by Gasteiger charge is -2.17. The molecule has 0 unspecified atom stereocenters. The third-order valence-corrected chi connectivity index (χ3v) is 3.80. The van der Waals surface area contributed by atoms with Gasteiger partial charge in [-0.3, -0.25) is 0 Å². The van der Waals surface area contributed by atoms with Crippen molar-refractivity contribution in [2.75, 3.05) is 13.7 Å². The van der Waals surface area contributed by atoms with Crippen molar-refractivity contribution in [3.05, 3.63) is 48.0 Å². The maximum Gasteiger partial charge on any atom is 0.315 e. The molecule has 0 bridgehead atoms. The largest absolute Gasteiger partial charge is 0.380 e. The summed E-state index contributed by atoms with van der Waals surface area (Å²) < 4.78 is 7.11. The van der Waals surface area contributed by atoms with Gasteiger partial charge in [-0.2, -0.15) is 0 Å². The molecule has 0 aliphatic heterocycles. The zero-order valence-electron chi connectivity index (χ0n) is 14.0. The molecule has 2 aromatic rings. The summed E-state index contributed by atoms with van der Waals surface area (Å²) in [6.07, 6.45) is 3.70. The van der Waals surface area contributed by atoms with Crippen LogP contribution in [0.1, 0.15) is 31.3 Å². The fourth-order valence-electron chi connectivity index (χ4n) is 2.23. The lowest BCUT2D eigenvalue weighted by molar-refractivity contribution is 0.118. The zero-order valence-corrected chi connectivity index (χ0v) is 14.0. The van der Waals surface area contributed by atoms with E-state index >= 15 is 0 Å². The molecule has 0 saturated carbocycles. The molecule has 0 aliphatic carbocycles. The number of methoxy groups -OCH3 is 1. The Kier molecular flexibility index (Phi) is 5.76. The van der Waals surface area contributed by atoms with Crippen molar-refractivity contribution < 1.29 is 9.53 Å². The number of ether oxygens (including phenoxy) is 1. The molecule has 0 fully saturated rings. The summed E-state index contributed by atoms with van der Waals surface area (Å²) in [5.41, 5.74) is 2.09. The summed E-state index contributed by atoms with van der Waals surface area (Å²) >= 11 is 0. The number of imidazole rings is 1. The Morgan fingerprint density at radius 1 is 1.30 bits per heavy atom. The second-order valence-electron chi connectivity index (χ2n) is 5.56. The van der Waals surface area contributed by atoms with E-state index in [9.17, 15) is 4.79 Å². The van der Waals surface area contributed by atoms with Crippen LogP contribution >= 0.6 is 0 Å². The minimum Gasteiger partial charge on any atom is -0.380 e. The van der Waals surface area contributed by atoms with E-state index in [1.54, 1.807) is 13.3 Å². The van der Waals surface area contributed by atoms with Gasteiger partial charge < -0.3 is 19.9 Å². The van der Waals surface area contributed by atoms with Crippen LogP contribution in [-0.2, 0) is 4.74 Å². The fraction of sp³-hybridized carbons (Fsp3) is 0.412. The number of rotatable bonds is 6. The molecule has 0 radical (unpaired) electrons. The summed E-state index contributed by atoms with van der Waals surface area (Å²) in [7, 11) is 1.62. The highest BCUT2D eigenvalue weighted by Gasteiger charge is 2.10. The lowest BCUT2D eigenvalue weighted by atomic mass is 10.1. The molecule has 0 aliphatic rings. The highest BCUT2D eigenvalue weighted by atomic mass is 16.5. The maximum absolute atomic E-state index is 11.9. The van der Waals surface area contributed by atoms with Crippen molar-refractivity contribution in [1.29, 1.82) is 0 Å². The quantitative estimate of drug-likeness (QED) is 0.860. The van der Waals surface area contributed by atoms with E-state index in [4.69, 9.17) is 4.74 Å². The number of benzene rings is 1. The Morgan fingerprint density at radius 3 is 2.57 bits per heavy atom. The lowest BCUT2D eigenvalue weighted by Crippen LogP contribution is -2.40. The normalized spacial score (nSPS) is 13.4. The van der Waals surface area contributed by atoms with Crippen LogP contribution < -0.4 is 10.6 Å². The van der Waals surface area contributed by atoms with E-state index < -0.39 is 0 Å². The number of hydrogen-bond donors (Lipinski definition) is 2. The van der Waals surface area contributed by atoms with Gasteiger partial charge in [0.1, 0.15) is 5.82 Å². The van der Waals surface area contributed by atoms with Gasteiger partial charge in [0.05, 0.1) is 12.1 Å². The van der Waals surface area contributed by atoms with E-state index in [1.807, 2.05) is 55.8 Å². The van der Waals surface area contributed by atoms with Gasteiger partial charge in [0.15, 0.2) is 0 Å². The van der Waals surface area contributed by atoms with Crippen molar-refractivity contribution in [3.8, 4) is 5.69 Å². The predicted molar refractivity (Wildman–Crippen MR) is 89.7 cm³/mol. The topological polar surface area (TPSA) is 68.2 Å². The summed E-state index contributed by atoms with van der Waals surface area (Å²) in [6.45, 7) is 6.30. The summed E-state index contributed by atoms with van der Waals surface area (Å²) in [5, 5.41) is 5.70. The average Bonchev–Trinajstić information content (AvgIpc) is 2.98. The molecule has 6 nitrogen and oxygen atoms in total. The first-order valence-corrected chi connectivity index (χ1v) is 7.68. The molecule has 23 heavy (non-hydrogen) atoms. The molecule has 0 spiro atoms. The molecule has 2 atom stereocenters. The van der Waals surface area contributed by atoms with Crippen molar-refractivity contribution in [2.45, 2.75) is 32.9 Å². The first-order valence-electron chi connectivity index (χ1n) is 7.68. The standard InChI is InChI=1S/C17H24N4O2/c1-12(23-4)11-19-17(22)20-13(2)15-5-7-16(8-6-15)21-10-9-18-14(21)3/h5-10,12-13H,11H2,1-4H3,(H2,19,20,22)/t12-,13-/m0/s1. The fourth-order valence-corrected chi connectivity index (χ4v) is 2.23. The van der Waals surface area contributed by atoms with Crippen LogP contribution in [-0.4, -0.2) is 35.3 Å².